The minimum absolute atomic E-state index is 0.0121. The molecule has 4 unspecified atom stereocenters. The number of carbonyl (C=O) groups is 2. The maximum atomic E-state index is 12.1. The van der Waals surface area contributed by atoms with Crippen molar-refractivity contribution in [3.8, 4) is 0 Å². The highest BCUT2D eigenvalue weighted by molar-refractivity contribution is 5.89. The van der Waals surface area contributed by atoms with E-state index in [2.05, 4.69) is 86.9 Å². The molecule has 4 atom stereocenters. The van der Waals surface area contributed by atoms with Gasteiger partial charge in [0.05, 0.1) is 0 Å². The summed E-state index contributed by atoms with van der Waals surface area (Å²) in [4.78, 5) is 24.2. The molecule has 8 fully saturated rings. The van der Waals surface area contributed by atoms with Gasteiger partial charge in [0.1, 0.15) is 0 Å². The largest absolute Gasteiger partial charge is 0.326 e. The third-order valence-corrected chi connectivity index (χ3v) is 17.6. The second-order valence-electron chi connectivity index (χ2n) is 22.2. The molecule has 8 saturated carbocycles. The van der Waals surface area contributed by atoms with E-state index >= 15 is 0 Å². The molecule has 56 heavy (non-hydrogen) atoms. The normalized spacial score (nSPS) is 38.9. The van der Waals surface area contributed by atoms with Gasteiger partial charge < -0.3 is 10.6 Å². The Balaban J connectivity index is 1.32. The zero-order valence-electron chi connectivity index (χ0n) is 36.4. The minimum atomic E-state index is 0.0121. The molecular formula is C52H76N2O2. The molecule has 2 amide bonds. The van der Waals surface area contributed by atoms with Crippen molar-refractivity contribution in [2.45, 2.75) is 206 Å². The highest BCUT2D eigenvalue weighted by Crippen LogP contribution is 2.87. The van der Waals surface area contributed by atoms with Gasteiger partial charge in [0, 0.05) is 25.2 Å². The van der Waals surface area contributed by atoms with E-state index < -0.39 is 0 Å². The molecule has 10 rings (SSSR count). The lowest BCUT2D eigenvalue weighted by Gasteiger charge is -2.81. The van der Waals surface area contributed by atoms with Crippen LogP contribution in [0.3, 0.4) is 0 Å². The van der Waals surface area contributed by atoms with Crippen molar-refractivity contribution in [2.24, 2.45) is 32.5 Å². The van der Waals surface area contributed by atoms with E-state index in [1.807, 2.05) is 0 Å². The first-order valence-corrected chi connectivity index (χ1v) is 23.5. The smallest absolute Gasteiger partial charge is 0.221 e. The number of carbonyl (C=O) groups excluding carboxylic acids is 2. The summed E-state index contributed by atoms with van der Waals surface area (Å²) in [6, 6.07) is 18.7. The molecule has 2 N–H and O–H groups in total. The van der Waals surface area contributed by atoms with Crippen LogP contribution in [0.1, 0.15) is 207 Å². The monoisotopic (exact) mass is 761 g/mol. The summed E-state index contributed by atoms with van der Waals surface area (Å²) in [5.41, 5.74) is 7.78. The molecule has 0 spiro atoms. The maximum absolute atomic E-state index is 12.1. The number of unbranched alkanes of at least 4 members (excludes halogenated alkanes) is 4. The Morgan fingerprint density at radius 2 is 0.714 bits per heavy atom. The van der Waals surface area contributed by atoms with E-state index in [0.717, 1.165) is 11.4 Å². The van der Waals surface area contributed by atoms with E-state index in [9.17, 15) is 9.59 Å². The maximum Gasteiger partial charge on any atom is 0.221 e. The second-order valence-corrected chi connectivity index (χ2v) is 22.2. The van der Waals surface area contributed by atoms with E-state index in [1.54, 1.807) is 25.0 Å². The second kappa shape index (κ2) is 14.6. The number of anilines is 2. The molecule has 306 valence electrons. The molecule has 4 nitrogen and oxygen atoms in total. The van der Waals surface area contributed by atoms with Crippen molar-refractivity contribution in [2.75, 3.05) is 10.6 Å². The Hall–Kier alpha value is -2.62. The van der Waals surface area contributed by atoms with Gasteiger partial charge in [-0.1, -0.05) is 103 Å². The first kappa shape index (κ1) is 40.2. The van der Waals surface area contributed by atoms with Crippen molar-refractivity contribution < 1.29 is 9.59 Å². The first-order chi connectivity index (χ1) is 26.8. The van der Waals surface area contributed by atoms with Crippen molar-refractivity contribution in [1.82, 2.24) is 0 Å². The summed E-state index contributed by atoms with van der Waals surface area (Å²) in [5.74, 6) is 0.0242. The molecule has 0 aliphatic heterocycles. The predicted octanol–water partition coefficient (Wildman–Crippen LogP) is 14.2. The fourth-order valence-electron chi connectivity index (χ4n) is 17.4. The van der Waals surface area contributed by atoms with Gasteiger partial charge in [-0.3, -0.25) is 9.59 Å². The Bertz CT molecular complexity index is 1580. The van der Waals surface area contributed by atoms with E-state index in [-0.39, 0.29) is 22.6 Å². The molecule has 8 bridgehead atoms. The van der Waals surface area contributed by atoms with Crippen LogP contribution in [0.2, 0.25) is 0 Å². The lowest BCUT2D eigenvalue weighted by molar-refractivity contribution is -0.288. The third-order valence-electron chi connectivity index (χ3n) is 17.6. The number of hydrogen-bond acceptors (Lipinski definition) is 2. The Labute approximate surface area is 340 Å². The van der Waals surface area contributed by atoms with Gasteiger partial charge in [0.25, 0.3) is 0 Å². The molecule has 0 aromatic heterocycles. The number of amides is 2. The molecule has 0 saturated heterocycles. The van der Waals surface area contributed by atoms with Crippen LogP contribution in [0.25, 0.3) is 0 Å². The van der Waals surface area contributed by atoms with Crippen molar-refractivity contribution in [1.29, 1.82) is 0 Å². The predicted molar refractivity (Wildman–Crippen MR) is 233 cm³/mol. The van der Waals surface area contributed by atoms with Crippen molar-refractivity contribution >= 4 is 23.2 Å². The van der Waals surface area contributed by atoms with E-state index in [1.165, 1.54) is 154 Å². The number of nitrogens with one attached hydrogen (secondary N) is 2. The molecule has 8 aliphatic carbocycles. The Morgan fingerprint density at radius 3 is 0.964 bits per heavy atom. The number of rotatable bonds is 17. The Morgan fingerprint density at radius 1 is 0.429 bits per heavy atom. The highest BCUT2D eigenvalue weighted by atomic mass is 16.2. The van der Waals surface area contributed by atoms with E-state index in [0.29, 0.717) is 32.5 Å². The highest BCUT2D eigenvalue weighted by Gasteiger charge is 2.78. The molecule has 8 aliphatic rings. The van der Waals surface area contributed by atoms with Crippen LogP contribution >= 0.6 is 0 Å². The topological polar surface area (TPSA) is 58.2 Å². The average Bonchev–Trinajstić information content (AvgIpc) is 3.14. The number of benzene rings is 2. The van der Waals surface area contributed by atoms with E-state index in [4.69, 9.17) is 0 Å². The van der Waals surface area contributed by atoms with Gasteiger partial charge in [-0.2, -0.15) is 0 Å². The van der Waals surface area contributed by atoms with Crippen LogP contribution in [0.15, 0.2) is 48.5 Å². The van der Waals surface area contributed by atoms with Crippen LogP contribution < -0.4 is 10.6 Å². The molecular weight excluding hydrogens is 685 g/mol. The van der Waals surface area contributed by atoms with Crippen LogP contribution in [-0.2, 0) is 20.4 Å². The van der Waals surface area contributed by atoms with Crippen LogP contribution in [0.5, 0.6) is 0 Å². The summed E-state index contributed by atoms with van der Waals surface area (Å²) < 4.78 is 0. The van der Waals surface area contributed by atoms with Crippen LogP contribution in [-0.4, -0.2) is 11.8 Å². The van der Waals surface area contributed by atoms with Gasteiger partial charge >= 0.3 is 0 Å². The average molecular weight is 761 g/mol. The zero-order chi connectivity index (χ0) is 39.5. The fourth-order valence-corrected chi connectivity index (χ4v) is 17.4. The Kier molecular flexibility index (Phi) is 10.5. The molecule has 0 radical (unpaired) electrons. The molecule has 2 aromatic rings. The van der Waals surface area contributed by atoms with Crippen LogP contribution in [0, 0.1) is 32.5 Å². The minimum Gasteiger partial charge on any atom is -0.326 e. The lowest BCUT2D eigenvalue weighted by Crippen LogP contribution is -2.72. The van der Waals surface area contributed by atoms with Crippen molar-refractivity contribution in [3.05, 3.63) is 59.7 Å². The molecule has 0 heterocycles. The van der Waals surface area contributed by atoms with Crippen molar-refractivity contribution in [3.63, 3.8) is 0 Å². The summed E-state index contributed by atoms with van der Waals surface area (Å²) in [7, 11) is 0. The number of hydrogen-bond donors (Lipinski definition) is 2. The molecule has 4 heteroatoms. The molecule has 2 aromatic carbocycles. The lowest BCUT2D eigenvalue weighted by atomic mass is 9.23. The quantitative estimate of drug-likeness (QED) is 0.169. The van der Waals surface area contributed by atoms with Gasteiger partial charge in [-0.25, -0.2) is 0 Å². The summed E-state index contributed by atoms with van der Waals surface area (Å²) in [5, 5.41) is 6.18. The summed E-state index contributed by atoms with van der Waals surface area (Å²) in [6.45, 7) is 13.0. The van der Waals surface area contributed by atoms with Crippen LogP contribution in [0.4, 0.5) is 11.4 Å². The van der Waals surface area contributed by atoms with Gasteiger partial charge in [0.2, 0.25) is 11.8 Å². The summed E-state index contributed by atoms with van der Waals surface area (Å²) >= 11 is 0. The third kappa shape index (κ3) is 6.81. The zero-order valence-corrected chi connectivity index (χ0v) is 36.4. The SMILES string of the molecule is CCCCC12CC3(CCCC)CC(c4ccc(NC(C)=O)cc4)(C1)CC(C14CC5(CCCC)CC(CCCC)(CC(c6ccc(NC(C)=O)cc6)(C5)C1)C4)(C2)C3. The standard InChI is InChI=1S/C52H76N2O2/c1-7-11-23-45-27-46(24-12-8-2)30-49(29-45,41-15-19-43(20-16-41)53-39(5)55)37-51(33-45,34-46)52-35-47(25-13-9-3)28-48(36-52,26-14-10-4)32-50(31-47,38-52)42-17-21-44(22-18-42)54-40(6)56/h15-22H,7-14,23-38H2,1-6H3,(H,53,55)(H,54,56). The van der Waals surface area contributed by atoms with Gasteiger partial charge in [0.15, 0.2) is 0 Å². The van der Waals surface area contributed by atoms with Gasteiger partial charge in [-0.05, 0) is 181 Å². The summed E-state index contributed by atoms with van der Waals surface area (Å²) in [6.07, 6.45) is 33.2. The van der Waals surface area contributed by atoms with Gasteiger partial charge in [-0.15, -0.1) is 0 Å². The first-order valence-electron chi connectivity index (χ1n) is 23.5. The fraction of sp³-hybridized carbons (Fsp3) is 0.731.